The number of hydrogen-bond acceptors (Lipinski definition) is 5. The van der Waals surface area contributed by atoms with E-state index < -0.39 is 29.4 Å². The Hall–Kier alpha value is -4.59. The maximum absolute atomic E-state index is 14.9. The van der Waals surface area contributed by atoms with E-state index >= 15 is 0 Å². The number of esters is 2. The zero-order valence-electron chi connectivity index (χ0n) is 18.5. The van der Waals surface area contributed by atoms with E-state index in [9.17, 15) is 22.8 Å². The van der Waals surface area contributed by atoms with Crippen LogP contribution in [0.25, 0.3) is 22.3 Å². The molecular weight excluding hydrogens is 461 g/mol. The highest BCUT2D eigenvalue weighted by Gasteiger charge is 2.15. The van der Waals surface area contributed by atoms with Crippen LogP contribution in [0.3, 0.4) is 0 Å². The highest BCUT2D eigenvalue weighted by Crippen LogP contribution is 2.32. The Morgan fingerprint density at radius 3 is 2.00 bits per heavy atom. The van der Waals surface area contributed by atoms with Crippen LogP contribution in [0, 0.1) is 17.5 Å². The molecule has 0 aliphatic heterocycles. The molecule has 0 aliphatic rings. The Morgan fingerprint density at radius 2 is 1.43 bits per heavy atom. The summed E-state index contributed by atoms with van der Waals surface area (Å²) in [6.07, 6.45) is 2.99. The van der Waals surface area contributed by atoms with Crippen LogP contribution in [0.4, 0.5) is 13.2 Å². The monoisotopic (exact) mass is 480 g/mol. The Bertz CT molecular complexity index is 1340. The molecule has 5 nitrogen and oxygen atoms in total. The van der Waals surface area contributed by atoms with Crippen molar-refractivity contribution in [3.63, 3.8) is 0 Å². The second-order valence-corrected chi connectivity index (χ2v) is 7.18. The number of carbonyl (C=O) groups excluding carboxylic acids is 2. The van der Waals surface area contributed by atoms with Gasteiger partial charge in [-0.1, -0.05) is 31.4 Å². The molecule has 0 radical (unpaired) electrons. The van der Waals surface area contributed by atoms with Crippen LogP contribution in [-0.4, -0.2) is 11.9 Å². The molecule has 178 valence electrons. The van der Waals surface area contributed by atoms with Gasteiger partial charge >= 0.3 is 11.9 Å². The Morgan fingerprint density at radius 1 is 0.829 bits per heavy atom. The fraction of sp³-hybridized carbons (Fsp3) is 0.0370. The summed E-state index contributed by atoms with van der Waals surface area (Å²) in [7, 11) is 0. The van der Waals surface area contributed by atoms with Gasteiger partial charge in [-0.15, -0.1) is 0 Å². The fourth-order valence-corrected chi connectivity index (χ4v) is 2.91. The molecule has 0 N–H and O–H groups in total. The molecule has 0 aliphatic carbocycles. The van der Waals surface area contributed by atoms with E-state index in [-0.39, 0.29) is 39.3 Å². The summed E-state index contributed by atoms with van der Waals surface area (Å²) in [4.78, 5) is 22.5. The molecule has 0 fully saturated rings. The topological polar surface area (TPSA) is 61.8 Å². The number of hydrogen-bond donors (Lipinski definition) is 0. The summed E-state index contributed by atoms with van der Waals surface area (Å²) in [5, 5.41) is 0. The summed E-state index contributed by atoms with van der Waals surface area (Å²) in [6.45, 7) is 8.09. The molecule has 0 bridgehead atoms. The molecule has 0 unspecified atom stereocenters. The standard InChI is InChI=1S/C27H19F3O5/c1-4-26(31)34-12-11-33-19-7-9-21(23(29)15-19)17-5-8-20(22(28)13-17)18-6-10-25(24(30)14-18)35-27(32)16(2)3/h4-15H,1-2H2,3H3. The quantitative estimate of drug-likeness (QED) is 0.159. The van der Waals surface area contributed by atoms with Gasteiger partial charge in [-0.3, -0.25) is 0 Å². The van der Waals surface area contributed by atoms with E-state index in [1.54, 1.807) is 0 Å². The van der Waals surface area contributed by atoms with Crippen LogP contribution in [0.2, 0.25) is 0 Å². The first-order valence-electron chi connectivity index (χ1n) is 10.1. The first kappa shape index (κ1) is 25.0. The van der Waals surface area contributed by atoms with Gasteiger partial charge in [0.25, 0.3) is 0 Å². The van der Waals surface area contributed by atoms with Crippen LogP contribution < -0.4 is 9.47 Å². The Labute approximate surface area is 199 Å². The second kappa shape index (κ2) is 11.0. The molecule has 0 saturated carbocycles. The summed E-state index contributed by atoms with van der Waals surface area (Å²) < 4.78 is 58.5. The van der Waals surface area contributed by atoms with Crippen molar-refractivity contribution in [3.8, 4) is 33.8 Å². The number of benzene rings is 3. The molecule has 0 spiro atoms. The smallest absolute Gasteiger partial charge is 0.338 e. The molecular formula is C27H19F3O5. The fourth-order valence-electron chi connectivity index (χ4n) is 2.91. The minimum atomic E-state index is -0.851. The Balaban J connectivity index is 1.78. The van der Waals surface area contributed by atoms with Gasteiger partial charge in [0.15, 0.2) is 11.6 Å². The van der Waals surface area contributed by atoms with Gasteiger partial charge in [0.1, 0.15) is 29.9 Å². The van der Waals surface area contributed by atoms with E-state index in [1.807, 2.05) is 0 Å². The number of carbonyl (C=O) groups is 2. The van der Waals surface area contributed by atoms with E-state index in [0.29, 0.717) is 0 Å². The molecule has 0 atom stereocenters. The Kier molecular flexibility index (Phi) is 7.88. The molecule has 3 rings (SSSR count). The number of halogens is 3. The average Bonchev–Trinajstić information content (AvgIpc) is 2.82. The van der Waals surface area contributed by atoms with Gasteiger partial charge in [-0.25, -0.2) is 22.8 Å². The zero-order chi connectivity index (χ0) is 25.5. The summed E-state index contributed by atoms with van der Waals surface area (Å²) >= 11 is 0. The summed E-state index contributed by atoms with van der Waals surface area (Å²) in [5.74, 6) is -3.88. The molecule has 0 heterocycles. The van der Waals surface area contributed by atoms with Crippen molar-refractivity contribution in [1.29, 1.82) is 0 Å². The first-order valence-corrected chi connectivity index (χ1v) is 10.1. The molecule has 3 aromatic carbocycles. The maximum atomic E-state index is 14.9. The lowest BCUT2D eigenvalue weighted by molar-refractivity contribution is -0.132. The highest BCUT2D eigenvalue weighted by molar-refractivity contribution is 5.89. The van der Waals surface area contributed by atoms with Crippen molar-refractivity contribution in [2.45, 2.75) is 6.92 Å². The van der Waals surface area contributed by atoms with Crippen molar-refractivity contribution in [2.75, 3.05) is 0 Å². The third-order valence-electron chi connectivity index (χ3n) is 4.63. The van der Waals surface area contributed by atoms with Crippen molar-refractivity contribution in [2.24, 2.45) is 0 Å². The van der Waals surface area contributed by atoms with E-state index in [4.69, 9.17) is 9.47 Å². The summed E-state index contributed by atoms with van der Waals surface area (Å²) in [6, 6.07) is 11.6. The molecule has 0 amide bonds. The largest absolute Gasteiger partial charge is 0.462 e. The SMILES string of the molecule is C=CC(=O)OC=COc1ccc(-c2ccc(-c3ccc(OC(=O)C(=C)C)c(F)c3)c(F)c2)c(F)c1. The molecule has 0 aromatic heterocycles. The lowest BCUT2D eigenvalue weighted by Crippen LogP contribution is -2.09. The van der Waals surface area contributed by atoms with Crippen molar-refractivity contribution >= 4 is 11.9 Å². The molecule has 0 saturated heterocycles. The normalized spacial score (nSPS) is 10.6. The summed E-state index contributed by atoms with van der Waals surface area (Å²) in [5.41, 5.74) is 0.739. The minimum Gasteiger partial charge on any atom is -0.462 e. The van der Waals surface area contributed by atoms with Gasteiger partial charge in [0.2, 0.25) is 0 Å². The van der Waals surface area contributed by atoms with E-state index in [0.717, 1.165) is 36.8 Å². The predicted molar refractivity (Wildman–Crippen MR) is 124 cm³/mol. The van der Waals surface area contributed by atoms with Crippen LogP contribution in [0.1, 0.15) is 6.92 Å². The van der Waals surface area contributed by atoms with Gasteiger partial charge in [-0.2, -0.15) is 0 Å². The third kappa shape index (κ3) is 6.26. The van der Waals surface area contributed by atoms with Gasteiger partial charge in [0.05, 0.1) is 0 Å². The van der Waals surface area contributed by atoms with Crippen LogP contribution in [-0.2, 0) is 14.3 Å². The lowest BCUT2D eigenvalue weighted by Gasteiger charge is -2.10. The minimum absolute atomic E-state index is 0.0741. The first-order chi connectivity index (χ1) is 16.7. The predicted octanol–water partition coefficient (Wildman–Crippen LogP) is 6.50. The molecule has 8 heteroatoms. The third-order valence-corrected chi connectivity index (χ3v) is 4.63. The van der Waals surface area contributed by atoms with Crippen LogP contribution >= 0.6 is 0 Å². The molecule has 35 heavy (non-hydrogen) atoms. The van der Waals surface area contributed by atoms with Gasteiger partial charge in [0, 0.05) is 28.8 Å². The van der Waals surface area contributed by atoms with Gasteiger partial charge in [-0.05, 0) is 48.4 Å². The zero-order valence-corrected chi connectivity index (χ0v) is 18.5. The number of ether oxygens (including phenoxy) is 3. The average molecular weight is 480 g/mol. The van der Waals surface area contributed by atoms with Gasteiger partial charge < -0.3 is 14.2 Å². The van der Waals surface area contributed by atoms with Crippen LogP contribution in [0.5, 0.6) is 11.5 Å². The molecule has 3 aromatic rings. The van der Waals surface area contributed by atoms with Crippen LogP contribution in [0.15, 0.2) is 91.9 Å². The second-order valence-electron chi connectivity index (χ2n) is 7.18. The van der Waals surface area contributed by atoms with E-state index in [1.165, 1.54) is 43.3 Å². The number of rotatable bonds is 8. The lowest BCUT2D eigenvalue weighted by atomic mass is 9.99. The van der Waals surface area contributed by atoms with Crippen molar-refractivity contribution in [1.82, 2.24) is 0 Å². The maximum Gasteiger partial charge on any atom is 0.338 e. The van der Waals surface area contributed by atoms with Crippen molar-refractivity contribution in [3.05, 3.63) is 109 Å². The van der Waals surface area contributed by atoms with E-state index in [2.05, 4.69) is 17.9 Å². The van der Waals surface area contributed by atoms with Crippen molar-refractivity contribution < 1.29 is 37.0 Å². The highest BCUT2D eigenvalue weighted by atomic mass is 19.1.